The van der Waals surface area contributed by atoms with Crippen molar-refractivity contribution < 1.29 is 14.4 Å². The van der Waals surface area contributed by atoms with Crippen molar-refractivity contribution in [3.05, 3.63) is 40.7 Å². The van der Waals surface area contributed by atoms with Gasteiger partial charge in [0, 0.05) is 6.54 Å². The molecule has 132 valence electrons. The molecule has 0 radical (unpaired) electrons. The number of hydrogen-bond donors (Lipinski definition) is 2. The molecular formula is C18H22N4O3. The molecule has 3 rings (SSSR count). The van der Waals surface area contributed by atoms with Crippen LogP contribution in [-0.2, 0) is 22.4 Å². The van der Waals surface area contributed by atoms with Crippen LogP contribution in [-0.4, -0.2) is 29.3 Å². The number of carbonyl (C=O) groups excluding carboxylic acids is 3. The first-order valence-corrected chi connectivity index (χ1v) is 8.53. The summed E-state index contributed by atoms with van der Waals surface area (Å²) in [6.45, 7) is 2.18. The minimum Gasteiger partial charge on any atom is -0.385 e. The predicted molar refractivity (Wildman–Crippen MR) is 93.4 cm³/mol. The average molecular weight is 342 g/mol. The number of benzene rings is 1. The van der Waals surface area contributed by atoms with Crippen LogP contribution < -0.4 is 16.4 Å². The quantitative estimate of drug-likeness (QED) is 0.635. The molecule has 1 aliphatic heterocycles. The van der Waals surface area contributed by atoms with Gasteiger partial charge >= 0.3 is 6.03 Å². The molecule has 0 atom stereocenters. The van der Waals surface area contributed by atoms with E-state index in [0.29, 0.717) is 12.1 Å². The number of anilines is 1. The summed E-state index contributed by atoms with van der Waals surface area (Å²) in [5.41, 5.74) is 13.6. The lowest BCUT2D eigenvalue weighted by Crippen LogP contribution is -2.58. The maximum absolute atomic E-state index is 12.8. The zero-order valence-corrected chi connectivity index (χ0v) is 14.2. The molecule has 1 fully saturated rings. The molecule has 0 unspecified atom stereocenters. The van der Waals surface area contributed by atoms with Gasteiger partial charge in [-0.15, -0.1) is 0 Å². The topological polar surface area (TPSA) is 110 Å². The molecule has 1 aliphatic carbocycles. The number of amides is 4. The third-order valence-electron chi connectivity index (χ3n) is 4.66. The molecule has 1 saturated heterocycles. The predicted octanol–water partition coefficient (Wildman–Crippen LogP) is 1.40. The van der Waals surface area contributed by atoms with Crippen LogP contribution >= 0.6 is 0 Å². The lowest BCUT2D eigenvalue weighted by Gasteiger charge is -2.34. The highest BCUT2D eigenvalue weighted by Gasteiger charge is 2.44. The molecule has 25 heavy (non-hydrogen) atoms. The van der Waals surface area contributed by atoms with Crippen molar-refractivity contribution >= 4 is 23.5 Å². The second-order valence-corrected chi connectivity index (χ2v) is 6.37. The molecule has 4 amide bonds. The molecule has 1 aromatic carbocycles. The Labute approximate surface area is 146 Å². The van der Waals surface area contributed by atoms with Gasteiger partial charge in [-0.1, -0.05) is 19.4 Å². The fraction of sp³-hybridized carbons (Fsp3) is 0.389. The van der Waals surface area contributed by atoms with E-state index in [1.807, 2.05) is 19.1 Å². The zero-order chi connectivity index (χ0) is 18.1. The molecule has 1 aromatic rings. The maximum atomic E-state index is 12.8. The fourth-order valence-electron chi connectivity index (χ4n) is 3.32. The summed E-state index contributed by atoms with van der Waals surface area (Å²) in [5.74, 6) is -1.85. The average Bonchev–Trinajstić information content (AvgIpc) is 3.02. The standard InChI is InChI=1S/C18H22N4O3/c1-2-3-9-21-16(23)14(15(19)20)17(24)22(18(21)25)13-8-7-11-5-4-6-12(11)10-13/h7-8,10H,2-6,9,19-20H2,1H3. The lowest BCUT2D eigenvalue weighted by atomic mass is 10.1. The molecule has 2 aliphatic rings. The Morgan fingerprint density at radius 2 is 1.80 bits per heavy atom. The number of hydrogen-bond acceptors (Lipinski definition) is 5. The third-order valence-corrected chi connectivity index (χ3v) is 4.66. The minimum atomic E-state index is -0.763. The van der Waals surface area contributed by atoms with Crippen LogP contribution in [0.1, 0.15) is 37.3 Å². The number of unbranched alkanes of at least 4 members (excludes halogenated alkanes) is 1. The van der Waals surface area contributed by atoms with E-state index < -0.39 is 17.8 Å². The monoisotopic (exact) mass is 342 g/mol. The Hall–Kier alpha value is -2.83. The van der Waals surface area contributed by atoms with E-state index in [0.717, 1.165) is 41.0 Å². The van der Waals surface area contributed by atoms with Crippen LogP contribution in [0.25, 0.3) is 0 Å². The van der Waals surface area contributed by atoms with E-state index in [4.69, 9.17) is 11.5 Å². The third kappa shape index (κ3) is 2.86. The molecule has 7 heteroatoms. The number of fused-ring (bicyclic) bond motifs is 1. The summed E-state index contributed by atoms with van der Waals surface area (Å²) >= 11 is 0. The Balaban J connectivity index is 2.04. The Kier molecular flexibility index (Phi) is 4.48. The number of barbiturate groups is 1. The molecule has 0 spiro atoms. The van der Waals surface area contributed by atoms with E-state index in [1.165, 1.54) is 5.56 Å². The first-order chi connectivity index (χ1) is 12.0. The number of nitrogens with two attached hydrogens (primary N) is 2. The van der Waals surface area contributed by atoms with Gasteiger partial charge in [-0.05, 0) is 48.9 Å². The highest BCUT2D eigenvalue weighted by atomic mass is 16.2. The van der Waals surface area contributed by atoms with Crippen LogP contribution in [0.2, 0.25) is 0 Å². The van der Waals surface area contributed by atoms with Crippen LogP contribution in [0.4, 0.5) is 10.5 Å². The van der Waals surface area contributed by atoms with Gasteiger partial charge in [-0.3, -0.25) is 14.5 Å². The first-order valence-electron chi connectivity index (χ1n) is 8.53. The highest BCUT2D eigenvalue weighted by Crippen LogP contribution is 2.30. The van der Waals surface area contributed by atoms with E-state index in [1.54, 1.807) is 6.07 Å². The van der Waals surface area contributed by atoms with E-state index in [2.05, 4.69) is 0 Å². The van der Waals surface area contributed by atoms with E-state index >= 15 is 0 Å². The Morgan fingerprint density at radius 3 is 2.48 bits per heavy atom. The molecule has 0 saturated carbocycles. The van der Waals surface area contributed by atoms with Gasteiger partial charge in [0.15, 0.2) is 0 Å². The summed E-state index contributed by atoms with van der Waals surface area (Å²) in [6.07, 6.45) is 4.42. The van der Waals surface area contributed by atoms with Gasteiger partial charge in [0.1, 0.15) is 11.4 Å². The van der Waals surface area contributed by atoms with Crippen LogP contribution in [0.3, 0.4) is 0 Å². The summed E-state index contributed by atoms with van der Waals surface area (Å²) < 4.78 is 0. The van der Waals surface area contributed by atoms with Gasteiger partial charge < -0.3 is 11.5 Å². The van der Waals surface area contributed by atoms with Crippen molar-refractivity contribution in [2.75, 3.05) is 11.4 Å². The SMILES string of the molecule is CCCCN1C(=O)C(=C(N)N)C(=O)N(c2ccc3c(c2)CCC3)C1=O. The number of nitrogens with zero attached hydrogens (tertiary/aromatic N) is 2. The van der Waals surface area contributed by atoms with Crippen LogP contribution in [0, 0.1) is 0 Å². The van der Waals surface area contributed by atoms with Crippen molar-refractivity contribution in [2.45, 2.75) is 39.0 Å². The molecule has 0 aromatic heterocycles. The van der Waals surface area contributed by atoms with Crippen molar-refractivity contribution in [1.29, 1.82) is 0 Å². The van der Waals surface area contributed by atoms with Crippen molar-refractivity contribution in [2.24, 2.45) is 11.5 Å². The van der Waals surface area contributed by atoms with Gasteiger partial charge in [-0.2, -0.15) is 0 Å². The van der Waals surface area contributed by atoms with Gasteiger partial charge in [0.05, 0.1) is 5.69 Å². The van der Waals surface area contributed by atoms with E-state index in [-0.39, 0.29) is 17.9 Å². The second kappa shape index (κ2) is 6.58. The molecule has 4 N–H and O–H groups in total. The fourth-order valence-corrected chi connectivity index (χ4v) is 3.32. The molecule has 0 bridgehead atoms. The van der Waals surface area contributed by atoms with Gasteiger partial charge in [-0.25, -0.2) is 9.69 Å². The van der Waals surface area contributed by atoms with Crippen molar-refractivity contribution in [3.63, 3.8) is 0 Å². The zero-order valence-electron chi connectivity index (χ0n) is 14.2. The number of imide groups is 2. The van der Waals surface area contributed by atoms with Gasteiger partial charge in [0.25, 0.3) is 11.8 Å². The number of urea groups is 1. The van der Waals surface area contributed by atoms with Crippen molar-refractivity contribution in [1.82, 2.24) is 4.90 Å². The minimum absolute atomic E-state index is 0.222. The second-order valence-electron chi connectivity index (χ2n) is 6.37. The summed E-state index contributed by atoms with van der Waals surface area (Å²) in [7, 11) is 0. The van der Waals surface area contributed by atoms with E-state index in [9.17, 15) is 14.4 Å². The Morgan fingerprint density at radius 1 is 1.08 bits per heavy atom. The Bertz CT molecular complexity index is 781. The van der Waals surface area contributed by atoms with Gasteiger partial charge in [0.2, 0.25) is 0 Å². The van der Waals surface area contributed by atoms with Crippen molar-refractivity contribution in [3.8, 4) is 0 Å². The smallest absolute Gasteiger partial charge is 0.338 e. The van der Waals surface area contributed by atoms with Crippen LogP contribution in [0.5, 0.6) is 0 Å². The normalized spacial score (nSPS) is 17.3. The van der Waals surface area contributed by atoms with Crippen LogP contribution in [0.15, 0.2) is 29.6 Å². The molecular weight excluding hydrogens is 320 g/mol. The largest absolute Gasteiger partial charge is 0.385 e. The lowest BCUT2D eigenvalue weighted by molar-refractivity contribution is -0.129. The first kappa shape index (κ1) is 17.0. The number of aryl methyl sites for hydroxylation is 2. The highest BCUT2D eigenvalue weighted by molar-refractivity contribution is 6.37. The summed E-state index contributed by atoms with van der Waals surface area (Å²) in [6, 6.07) is 4.86. The summed E-state index contributed by atoms with van der Waals surface area (Å²) in [5, 5.41) is 0. The number of carbonyl (C=O) groups is 3. The molecule has 7 nitrogen and oxygen atoms in total. The number of rotatable bonds is 4. The maximum Gasteiger partial charge on any atom is 0.338 e. The molecule has 1 heterocycles. The summed E-state index contributed by atoms with van der Waals surface area (Å²) in [4.78, 5) is 40.1.